The number of hydrogen-bond acceptors (Lipinski definition) is 5. The summed E-state index contributed by atoms with van der Waals surface area (Å²) in [4.78, 5) is 29.8. The van der Waals surface area contributed by atoms with E-state index in [1.54, 1.807) is 23.1 Å². The molecule has 2 aromatic rings. The molecule has 1 aliphatic heterocycles. The SMILES string of the molecule is CC[NH+](CC)CCN1C(=O)C(=O)/C(=C(/[O-])c2ccc(OCC(C)C)c(C)c2)C1c1cccs1. The summed E-state index contributed by atoms with van der Waals surface area (Å²) >= 11 is 1.46. The van der Waals surface area contributed by atoms with E-state index in [9.17, 15) is 14.7 Å². The van der Waals surface area contributed by atoms with Gasteiger partial charge in [-0.15, -0.1) is 11.3 Å². The molecule has 1 amide bonds. The number of amides is 1. The lowest BCUT2D eigenvalue weighted by Gasteiger charge is -2.27. The van der Waals surface area contributed by atoms with Crippen LogP contribution in [0.3, 0.4) is 0 Å². The van der Waals surface area contributed by atoms with Crippen molar-refractivity contribution in [3.8, 4) is 5.75 Å². The van der Waals surface area contributed by atoms with Crippen LogP contribution >= 0.6 is 11.3 Å². The lowest BCUT2D eigenvalue weighted by molar-refractivity contribution is -0.895. The van der Waals surface area contributed by atoms with E-state index in [1.807, 2.05) is 24.4 Å². The molecule has 178 valence electrons. The Labute approximate surface area is 200 Å². The Morgan fingerprint density at radius 2 is 1.94 bits per heavy atom. The molecule has 0 aliphatic carbocycles. The third kappa shape index (κ3) is 5.47. The minimum atomic E-state index is -0.689. The van der Waals surface area contributed by atoms with Gasteiger partial charge in [0.2, 0.25) is 5.78 Å². The number of carbonyl (C=O) groups excluding carboxylic acids is 2. The second-order valence-electron chi connectivity index (χ2n) is 8.88. The summed E-state index contributed by atoms with van der Waals surface area (Å²) < 4.78 is 5.82. The molecular weight excluding hydrogens is 436 g/mol. The highest BCUT2D eigenvalue weighted by Crippen LogP contribution is 2.40. The molecule has 0 radical (unpaired) electrons. The number of likely N-dealkylation sites (tertiary alicyclic amines) is 1. The van der Waals surface area contributed by atoms with Crippen molar-refractivity contribution in [2.75, 3.05) is 32.8 Å². The van der Waals surface area contributed by atoms with Gasteiger partial charge < -0.3 is 19.6 Å². The largest absolute Gasteiger partial charge is 0.872 e. The number of nitrogens with zero attached hydrogens (tertiary/aromatic N) is 1. The standard InChI is InChI=1S/C26H34N2O4S/c1-6-27(7-2)12-13-28-23(21-9-8-14-33-21)22(25(30)26(28)31)24(29)19-10-11-20(18(5)15-19)32-16-17(3)4/h8-11,14-15,17,23,29H,6-7,12-13,16H2,1-5H3/b24-22+. The monoisotopic (exact) mass is 470 g/mol. The van der Waals surface area contributed by atoms with Crippen molar-refractivity contribution in [3.63, 3.8) is 0 Å². The highest BCUT2D eigenvalue weighted by Gasteiger charge is 2.44. The van der Waals surface area contributed by atoms with Crippen molar-refractivity contribution in [2.24, 2.45) is 5.92 Å². The number of benzene rings is 1. The van der Waals surface area contributed by atoms with Gasteiger partial charge in [-0.25, -0.2) is 0 Å². The average Bonchev–Trinajstić information content (AvgIpc) is 3.40. The highest BCUT2D eigenvalue weighted by atomic mass is 32.1. The summed E-state index contributed by atoms with van der Waals surface area (Å²) in [6.45, 7) is 13.9. The third-order valence-electron chi connectivity index (χ3n) is 6.06. The van der Waals surface area contributed by atoms with Crippen molar-refractivity contribution in [1.82, 2.24) is 4.90 Å². The van der Waals surface area contributed by atoms with Crippen LogP contribution in [-0.2, 0) is 9.59 Å². The molecule has 3 rings (SSSR count). The van der Waals surface area contributed by atoms with Crippen LogP contribution in [0.5, 0.6) is 5.75 Å². The number of thiophene rings is 1. The van der Waals surface area contributed by atoms with Gasteiger partial charge in [0.25, 0.3) is 5.91 Å². The van der Waals surface area contributed by atoms with Gasteiger partial charge in [-0.1, -0.05) is 31.7 Å². The fourth-order valence-electron chi connectivity index (χ4n) is 4.09. The number of hydrogen-bond donors (Lipinski definition) is 1. The molecule has 0 bridgehead atoms. The molecule has 1 aromatic heterocycles. The lowest BCUT2D eigenvalue weighted by atomic mass is 9.98. The number of nitrogens with one attached hydrogen (secondary N) is 1. The first-order chi connectivity index (χ1) is 15.8. The molecule has 7 heteroatoms. The summed E-state index contributed by atoms with van der Waals surface area (Å²) in [5.74, 6) is -0.553. The Morgan fingerprint density at radius 3 is 2.52 bits per heavy atom. The molecule has 0 spiro atoms. The number of likely N-dealkylation sites (N-methyl/N-ethyl adjacent to an activating group) is 1. The van der Waals surface area contributed by atoms with E-state index in [0.29, 0.717) is 24.6 Å². The number of ether oxygens (including phenoxy) is 1. The van der Waals surface area contributed by atoms with E-state index >= 15 is 0 Å². The maximum atomic E-state index is 13.6. The van der Waals surface area contributed by atoms with Crippen molar-refractivity contribution in [1.29, 1.82) is 0 Å². The van der Waals surface area contributed by atoms with Crippen LogP contribution in [-0.4, -0.2) is 49.4 Å². The van der Waals surface area contributed by atoms with Crippen LogP contribution < -0.4 is 14.7 Å². The topological polar surface area (TPSA) is 74.1 Å². The molecule has 0 saturated carbocycles. The van der Waals surface area contributed by atoms with Crippen molar-refractivity contribution < 1.29 is 24.3 Å². The third-order valence-corrected chi connectivity index (χ3v) is 6.98. The maximum Gasteiger partial charge on any atom is 0.295 e. The second kappa shape index (κ2) is 11.0. The van der Waals surface area contributed by atoms with Gasteiger partial charge in [-0.2, -0.15) is 0 Å². The quantitative estimate of drug-likeness (QED) is 0.328. The van der Waals surface area contributed by atoms with Crippen LogP contribution in [0.1, 0.15) is 49.7 Å². The summed E-state index contributed by atoms with van der Waals surface area (Å²) in [5, 5.41) is 15.5. The van der Waals surface area contributed by atoms with E-state index in [-0.39, 0.29) is 11.3 Å². The Hall–Kier alpha value is -2.64. The molecular formula is C26H34N2O4S. The number of rotatable bonds is 10. The van der Waals surface area contributed by atoms with Gasteiger partial charge >= 0.3 is 0 Å². The maximum absolute atomic E-state index is 13.6. The Morgan fingerprint density at radius 1 is 1.21 bits per heavy atom. The second-order valence-corrected chi connectivity index (χ2v) is 9.86. The van der Waals surface area contributed by atoms with Gasteiger partial charge in [-0.05, 0) is 61.4 Å². The van der Waals surface area contributed by atoms with E-state index in [0.717, 1.165) is 35.8 Å². The summed E-state index contributed by atoms with van der Waals surface area (Å²) in [6.07, 6.45) is 0. The van der Waals surface area contributed by atoms with Gasteiger partial charge in [0.1, 0.15) is 5.75 Å². The molecule has 33 heavy (non-hydrogen) atoms. The Bertz CT molecular complexity index is 1010. The molecule has 1 aromatic carbocycles. The molecule has 2 heterocycles. The first kappa shape index (κ1) is 25.0. The number of carbonyl (C=O) groups is 2. The lowest BCUT2D eigenvalue weighted by Crippen LogP contribution is -3.12. The van der Waals surface area contributed by atoms with Gasteiger partial charge in [0.05, 0.1) is 38.8 Å². The zero-order valence-corrected chi connectivity index (χ0v) is 21.0. The van der Waals surface area contributed by atoms with Crippen molar-refractivity contribution in [3.05, 3.63) is 57.3 Å². The van der Waals surface area contributed by atoms with Gasteiger partial charge in [0, 0.05) is 10.5 Å². The van der Waals surface area contributed by atoms with Gasteiger partial charge in [-0.3, -0.25) is 9.59 Å². The fourth-order valence-corrected chi connectivity index (χ4v) is 4.94. The van der Waals surface area contributed by atoms with Crippen molar-refractivity contribution in [2.45, 2.75) is 40.7 Å². The van der Waals surface area contributed by atoms with Gasteiger partial charge in [0.15, 0.2) is 0 Å². The predicted molar refractivity (Wildman–Crippen MR) is 129 cm³/mol. The zero-order valence-electron chi connectivity index (χ0n) is 20.1. The molecule has 1 fully saturated rings. The van der Waals surface area contributed by atoms with Crippen molar-refractivity contribution >= 4 is 28.8 Å². The smallest absolute Gasteiger partial charge is 0.295 e. The predicted octanol–water partition coefficient (Wildman–Crippen LogP) is 2.24. The Balaban J connectivity index is 1.99. The Kier molecular flexibility index (Phi) is 8.32. The zero-order chi connectivity index (χ0) is 24.1. The number of aryl methyl sites for hydroxylation is 1. The summed E-state index contributed by atoms with van der Waals surface area (Å²) in [5.41, 5.74) is 1.28. The first-order valence-electron chi connectivity index (χ1n) is 11.7. The molecule has 1 unspecified atom stereocenters. The fraction of sp³-hybridized carbons (Fsp3) is 0.462. The summed E-state index contributed by atoms with van der Waals surface area (Å²) in [6, 6.07) is 8.34. The number of ketones is 1. The number of quaternary nitrogens is 1. The van der Waals surface area contributed by atoms with E-state index in [2.05, 4.69) is 27.7 Å². The van der Waals surface area contributed by atoms with Crippen LogP contribution in [0.4, 0.5) is 0 Å². The minimum absolute atomic E-state index is 0.0484. The van der Waals surface area contributed by atoms with Crippen LogP contribution in [0.15, 0.2) is 41.3 Å². The molecule has 6 nitrogen and oxygen atoms in total. The van der Waals surface area contributed by atoms with Crippen LogP contribution in [0, 0.1) is 12.8 Å². The number of Topliss-reactive ketones (excluding diaryl/α,β-unsaturated/α-hetero) is 1. The van der Waals surface area contributed by atoms with E-state index in [4.69, 9.17) is 4.74 Å². The average molecular weight is 471 g/mol. The highest BCUT2D eigenvalue weighted by molar-refractivity contribution is 7.10. The van der Waals surface area contributed by atoms with E-state index < -0.39 is 17.7 Å². The van der Waals surface area contributed by atoms with Crippen LogP contribution in [0.25, 0.3) is 5.76 Å². The first-order valence-corrected chi connectivity index (χ1v) is 12.5. The molecule has 1 atom stereocenters. The normalized spacial score (nSPS) is 18.0. The van der Waals surface area contributed by atoms with Crippen LogP contribution in [0.2, 0.25) is 0 Å². The van der Waals surface area contributed by atoms with E-state index in [1.165, 1.54) is 16.2 Å². The molecule has 1 N–H and O–H groups in total. The molecule has 1 saturated heterocycles. The minimum Gasteiger partial charge on any atom is -0.872 e. The summed E-state index contributed by atoms with van der Waals surface area (Å²) in [7, 11) is 0. The molecule has 1 aliphatic rings.